The van der Waals surface area contributed by atoms with E-state index in [1.54, 1.807) is 0 Å². The lowest BCUT2D eigenvalue weighted by Gasteiger charge is -2.30. The zero-order valence-electron chi connectivity index (χ0n) is 18.4. The maximum Gasteiger partial charge on any atom is 0.170 e. The van der Waals surface area contributed by atoms with Crippen molar-refractivity contribution in [1.29, 1.82) is 0 Å². The summed E-state index contributed by atoms with van der Waals surface area (Å²) in [6, 6.07) is 16.8. The van der Waals surface area contributed by atoms with Gasteiger partial charge in [0.15, 0.2) is 5.11 Å². The average molecular weight is 419 g/mol. The van der Waals surface area contributed by atoms with Crippen LogP contribution in [-0.4, -0.2) is 26.1 Å². The summed E-state index contributed by atoms with van der Waals surface area (Å²) in [5.41, 5.74) is 7.43. The fraction of sp³-hybridized carbons (Fsp3) is 0.360. The molecule has 4 rings (SSSR count). The predicted molar refractivity (Wildman–Crippen MR) is 127 cm³/mol. The maximum atomic E-state index is 5.81. The van der Waals surface area contributed by atoms with Crippen molar-refractivity contribution in [3.8, 4) is 5.69 Å². The number of nitrogens with one attached hydrogen (secondary N) is 1. The van der Waals surface area contributed by atoms with Crippen molar-refractivity contribution in [2.24, 2.45) is 5.92 Å². The molecule has 1 fully saturated rings. The predicted octanol–water partition coefficient (Wildman–Crippen LogP) is 5.43. The second-order valence-corrected chi connectivity index (χ2v) is 8.94. The van der Waals surface area contributed by atoms with Gasteiger partial charge in [-0.2, -0.15) is 0 Å². The summed E-state index contributed by atoms with van der Waals surface area (Å²) in [6.07, 6.45) is 1.86. The zero-order chi connectivity index (χ0) is 21.4. The minimum Gasteiger partial charge on any atom is -0.352 e. The van der Waals surface area contributed by atoms with Gasteiger partial charge in [-0.1, -0.05) is 38.1 Å². The van der Waals surface area contributed by atoms with Crippen LogP contribution >= 0.6 is 12.2 Å². The Labute approximate surface area is 184 Å². The van der Waals surface area contributed by atoms with Crippen LogP contribution in [0.15, 0.2) is 54.7 Å². The van der Waals surface area contributed by atoms with Gasteiger partial charge < -0.3 is 14.8 Å². The van der Waals surface area contributed by atoms with E-state index in [1.165, 1.54) is 28.2 Å². The minimum absolute atomic E-state index is 0.0286. The lowest BCUT2D eigenvalue weighted by atomic mass is 9.93. The van der Waals surface area contributed by atoms with Crippen molar-refractivity contribution in [3.63, 3.8) is 0 Å². The molecule has 1 saturated heterocycles. The Bertz CT molecular complexity index is 1040. The molecule has 1 aliphatic rings. The molecule has 2 aromatic heterocycles. The molecule has 156 valence electrons. The summed E-state index contributed by atoms with van der Waals surface area (Å²) in [4.78, 5) is 7.04. The van der Waals surface area contributed by atoms with Crippen LogP contribution in [0.3, 0.4) is 0 Å². The summed E-state index contributed by atoms with van der Waals surface area (Å²) in [5, 5.41) is 4.40. The first-order valence-corrected chi connectivity index (χ1v) is 11.0. The van der Waals surface area contributed by atoms with Crippen LogP contribution in [-0.2, 0) is 0 Å². The Kier molecular flexibility index (Phi) is 5.65. The molecule has 1 aromatic carbocycles. The van der Waals surface area contributed by atoms with Crippen molar-refractivity contribution >= 4 is 17.3 Å². The van der Waals surface area contributed by atoms with Crippen LogP contribution in [0.5, 0.6) is 0 Å². The van der Waals surface area contributed by atoms with E-state index in [9.17, 15) is 0 Å². The van der Waals surface area contributed by atoms with Crippen molar-refractivity contribution in [3.05, 3.63) is 82.9 Å². The number of aromatic nitrogens is 2. The molecule has 5 heteroatoms. The molecule has 0 aliphatic carbocycles. The van der Waals surface area contributed by atoms with Crippen LogP contribution < -0.4 is 5.32 Å². The van der Waals surface area contributed by atoms with Crippen molar-refractivity contribution < 1.29 is 0 Å². The Hall–Kier alpha value is -2.66. The maximum absolute atomic E-state index is 5.81. The lowest BCUT2D eigenvalue weighted by Crippen LogP contribution is -2.33. The molecule has 1 N–H and O–H groups in total. The molecular weight excluding hydrogens is 388 g/mol. The van der Waals surface area contributed by atoms with E-state index in [0.717, 1.165) is 17.4 Å². The third-order valence-electron chi connectivity index (χ3n) is 6.08. The van der Waals surface area contributed by atoms with E-state index < -0.39 is 0 Å². The second-order valence-electron chi connectivity index (χ2n) is 8.55. The molecule has 0 amide bonds. The Balaban J connectivity index is 1.89. The molecule has 0 radical (unpaired) electrons. The third kappa shape index (κ3) is 3.52. The van der Waals surface area contributed by atoms with Gasteiger partial charge in [0.25, 0.3) is 0 Å². The highest BCUT2D eigenvalue weighted by molar-refractivity contribution is 7.80. The monoisotopic (exact) mass is 418 g/mol. The molecule has 2 atom stereocenters. The van der Waals surface area contributed by atoms with Gasteiger partial charge in [-0.25, -0.2) is 0 Å². The molecule has 1 aliphatic heterocycles. The first-order chi connectivity index (χ1) is 14.4. The molecular formula is C25H30N4S. The van der Waals surface area contributed by atoms with Gasteiger partial charge in [0.05, 0.1) is 17.8 Å². The summed E-state index contributed by atoms with van der Waals surface area (Å²) in [6.45, 7) is 12.1. The highest BCUT2D eigenvalue weighted by Gasteiger charge is 2.42. The number of rotatable bonds is 5. The van der Waals surface area contributed by atoms with Gasteiger partial charge in [0, 0.05) is 35.4 Å². The van der Waals surface area contributed by atoms with Crippen molar-refractivity contribution in [2.45, 2.75) is 46.7 Å². The van der Waals surface area contributed by atoms with Crippen LogP contribution in [0, 0.1) is 26.7 Å². The second kappa shape index (κ2) is 8.23. The molecule has 0 spiro atoms. The number of nitrogens with zero attached hydrogens (tertiary/aromatic N) is 3. The van der Waals surface area contributed by atoms with Gasteiger partial charge in [-0.05, 0) is 68.7 Å². The van der Waals surface area contributed by atoms with Crippen molar-refractivity contribution in [2.75, 3.05) is 6.54 Å². The number of thiocarbonyl (C=S) groups is 1. The van der Waals surface area contributed by atoms with Gasteiger partial charge in [0.2, 0.25) is 0 Å². The largest absolute Gasteiger partial charge is 0.352 e. The summed E-state index contributed by atoms with van der Waals surface area (Å²) >= 11 is 5.81. The van der Waals surface area contributed by atoms with Crippen LogP contribution in [0.25, 0.3) is 5.69 Å². The fourth-order valence-corrected chi connectivity index (χ4v) is 5.03. The van der Waals surface area contributed by atoms with Crippen LogP contribution in [0.2, 0.25) is 0 Å². The topological polar surface area (TPSA) is 33.1 Å². The summed E-state index contributed by atoms with van der Waals surface area (Å²) < 4.78 is 2.37. The van der Waals surface area contributed by atoms with Gasteiger partial charge in [0.1, 0.15) is 0 Å². The SMILES string of the molecule is Cc1c([C@H]2[C@H](c3ccccn3)NC(=S)N2CC(C)C)c(C)n(-c2ccccc2)c1C. The number of para-hydroxylation sites is 1. The quantitative estimate of drug-likeness (QED) is 0.561. The average Bonchev–Trinajstić information content (AvgIpc) is 3.16. The molecule has 0 saturated carbocycles. The Morgan fingerprint density at radius 1 is 1.00 bits per heavy atom. The number of benzene rings is 1. The van der Waals surface area contributed by atoms with Gasteiger partial charge in [-0.15, -0.1) is 0 Å². The Morgan fingerprint density at radius 3 is 2.33 bits per heavy atom. The third-order valence-corrected chi connectivity index (χ3v) is 6.43. The minimum atomic E-state index is 0.0286. The fourth-order valence-electron chi connectivity index (χ4n) is 4.72. The summed E-state index contributed by atoms with van der Waals surface area (Å²) in [7, 11) is 0. The Morgan fingerprint density at radius 2 is 1.70 bits per heavy atom. The molecule has 3 heterocycles. The number of pyridine rings is 1. The zero-order valence-corrected chi connectivity index (χ0v) is 19.2. The van der Waals surface area contributed by atoms with E-state index in [1.807, 2.05) is 12.3 Å². The van der Waals surface area contributed by atoms with Crippen molar-refractivity contribution in [1.82, 2.24) is 19.8 Å². The van der Waals surface area contributed by atoms with Crippen LogP contribution in [0.4, 0.5) is 0 Å². The number of hydrogen-bond acceptors (Lipinski definition) is 2. The van der Waals surface area contributed by atoms with E-state index in [-0.39, 0.29) is 12.1 Å². The van der Waals surface area contributed by atoms with E-state index >= 15 is 0 Å². The van der Waals surface area contributed by atoms with Gasteiger partial charge >= 0.3 is 0 Å². The molecule has 4 nitrogen and oxygen atoms in total. The van der Waals surface area contributed by atoms with Gasteiger partial charge in [-0.3, -0.25) is 4.98 Å². The first-order valence-electron chi connectivity index (χ1n) is 10.6. The first kappa shape index (κ1) is 20.6. The van der Waals surface area contributed by atoms with E-state index in [0.29, 0.717) is 5.92 Å². The molecule has 30 heavy (non-hydrogen) atoms. The lowest BCUT2D eigenvalue weighted by molar-refractivity contribution is 0.286. The summed E-state index contributed by atoms with van der Waals surface area (Å²) in [5.74, 6) is 0.507. The number of hydrogen-bond donors (Lipinski definition) is 1. The molecule has 0 unspecified atom stereocenters. The van der Waals surface area contributed by atoms with Crippen LogP contribution in [0.1, 0.15) is 54.1 Å². The molecule has 3 aromatic rings. The highest BCUT2D eigenvalue weighted by atomic mass is 32.1. The van der Waals surface area contributed by atoms with E-state index in [2.05, 4.69) is 96.9 Å². The highest BCUT2D eigenvalue weighted by Crippen LogP contribution is 2.43. The normalized spacial score (nSPS) is 18.9. The smallest absolute Gasteiger partial charge is 0.170 e. The molecule has 0 bridgehead atoms. The van der Waals surface area contributed by atoms with E-state index in [4.69, 9.17) is 12.2 Å². The standard InChI is InChI=1S/C25H30N4S/c1-16(2)15-28-24(23(27-25(28)30)21-13-9-10-14-26-21)22-17(3)18(4)29(19(22)5)20-11-7-6-8-12-20/h6-14,16,23-24H,15H2,1-5H3,(H,27,30)/t23-,24-/m0/s1.